The molecule has 3 heteroatoms. The predicted octanol–water partition coefficient (Wildman–Crippen LogP) is 0.998. The Balaban J connectivity index is 1.75. The van der Waals surface area contributed by atoms with Crippen molar-refractivity contribution in [3.05, 3.63) is 0 Å². The van der Waals surface area contributed by atoms with Gasteiger partial charge in [-0.3, -0.25) is 4.79 Å². The average molecular weight is 196 g/mol. The highest BCUT2D eigenvalue weighted by Gasteiger charge is 2.22. The van der Waals surface area contributed by atoms with E-state index >= 15 is 0 Å². The topological polar surface area (TPSA) is 32.3 Å². The Morgan fingerprint density at radius 3 is 2.50 bits per heavy atom. The van der Waals surface area contributed by atoms with E-state index in [0.717, 1.165) is 32.6 Å². The van der Waals surface area contributed by atoms with Gasteiger partial charge in [-0.05, 0) is 44.7 Å². The first-order chi connectivity index (χ1) is 6.86. The van der Waals surface area contributed by atoms with Gasteiger partial charge >= 0.3 is 0 Å². The van der Waals surface area contributed by atoms with Gasteiger partial charge in [0.1, 0.15) is 0 Å². The lowest BCUT2D eigenvalue weighted by Crippen LogP contribution is -2.33. The Bertz CT molecular complexity index is 193. The highest BCUT2D eigenvalue weighted by Crippen LogP contribution is 2.19. The number of nitrogens with one attached hydrogen (secondary N) is 1. The first-order valence-electron chi connectivity index (χ1n) is 5.85. The maximum absolute atomic E-state index is 11.8. The van der Waals surface area contributed by atoms with Crippen LogP contribution in [0.5, 0.6) is 0 Å². The number of piperidine rings is 1. The molecule has 0 aromatic heterocycles. The summed E-state index contributed by atoms with van der Waals surface area (Å²) in [6.45, 7) is 4.20. The molecule has 2 fully saturated rings. The largest absolute Gasteiger partial charge is 0.343 e. The maximum Gasteiger partial charge on any atom is 0.222 e. The van der Waals surface area contributed by atoms with Gasteiger partial charge in [-0.2, -0.15) is 0 Å². The Morgan fingerprint density at radius 2 is 1.86 bits per heavy atom. The minimum absolute atomic E-state index is 0.398. The fourth-order valence-electron chi connectivity index (χ4n) is 2.43. The van der Waals surface area contributed by atoms with Crippen molar-refractivity contribution < 1.29 is 4.79 Å². The van der Waals surface area contributed by atoms with Crippen LogP contribution in [0.2, 0.25) is 0 Å². The van der Waals surface area contributed by atoms with Gasteiger partial charge in [-0.25, -0.2) is 0 Å². The summed E-state index contributed by atoms with van der Waals surface area (Å²) >= 11 is 0. The van der Waals surface area contributed by atoms with Gasteiger partial charge < -0.3 is 10.2 Å². The Hall–Kier alpha value is -0.570. The summed E-state index contributed by atoms with van der Waals surface area (Å²) in [4.78, 5) is 13.9. The summed E-state index contributed by atoms with van der Waals surface area (Å²) in [5.74, 6) is 1.04. The summed E-state index contributed by atoms with van der Waals surface area (Å²) in [7, 11) is 0. The first-order valence-corrected chi connectivity index (χ1v) is 5.85. The lowest BCUT2D eigenvalue weighted by molar-refractivity contribution is -0.131. The summed E-state index contributed by atoms with van der Waals surface area (Å²) in [5, 5.41) is 3.33. The molecule has 0 aromatic carbocycles. The van der Waals surface area contributed by atoms with Crippen LogP contribution in [0.3, 0.4) is 0 Å². The van der Waals surface area contributed by atoms with Crippen LogP contribution < -0.4 is 5.32 Å². The van der Waals surface area contributed by atoms with E-state index in [1.54, 1.807) is 0 Å². The Kier molecular flexibility index (Phi) is 3.40. The zero-order valence-electron chi connectivity index (χ0n) is 8.80. The fraction of sp³-hybridized carbons (Fsp3) is 0.909. The Labute approximate surface area is 85.8 Å². The van der Waals surface area contributed by atoms with Crippen molar-refractivity contribution >= 4 is 5.91 Å². The molecule has 1 amide bonds. The molecule has 0 atom stereocenters. The molecule has 0 saturated carbocycles. The third-order valence-corrected chi connectivity index (χ3v) is 3.38. The highest BCUT2D eigenvalue weighted by molar-refractivity contribution is 5.76. The van der Waals surface area contributed by atoms with Crippen molar-refractivity contribution in [3.63, 3.8) is 0 Å². The van der Waals surface area contributed by atoms with Crippen molar-refractivity contribution in [2.45, 2.75) is 32.1 Å². The molecule has 0 bridgehead atoms. The van der Waals surface area contributed by atoms with Crippen LogP contribution >= 0.6 is 0 Å². The second-order valence-corrected chi connectivity index (χ2v) is 4.49. The Morgan fingerprint density at radius 1 is 1.21 bits per heavy atom. The van der Waals surface area contributed by atoms with Crippen molar-refractivity contribution in [2.75, 3.05) is 26.2 Å². The molecule has 14 heavy (non-hydrogen) atoms. The van der Waals surface area contributed by atoms with Gasteiger partial charge in [0.05, 0.1) is 0 Å². The smallest absolute Gasteiger partial charge is 0.222 e. The molecule has 0 spiro atoms. The second kappa shape index (κ2) is 4.78. The molecule has 1 N–H and O–H groups in total. The zero-order chi connectivity index (χ0) is 9.80. The number of carbonyl (C=O) groups is 1. The standard InChI is InChI=1S/C11H20N2O/c14-11(13-7-1-2-8-13)9-10-3-5-12-6-4-10/h10,12H,1-9H2. The van der Waals surface area contributed by atoms with Crippen LogP contribution in [0.25, 0.3) is 0 Å². The average Bonchev–Trinajstić information content (AvgIpc) is 2.72. The number of carbonyl (C=O) groups excluding carboxylic acids is 1. The monoisotopic (exact) mass is 196 g/mol. The number of rotatable bonds is 2. The van der Waals surface area contributed by atoms with Crippen LogP contribution in [0.1, 0.15) is 32.1 Å². The summed E-state index contributed by atoms with van der Waals surface area (Å²) in [6.07, 6.45) is 5.57. The molecule has 3 nitrogen and oxygen atoms in total. The SMILES string of the molecule is O=C(CC1CCNCC1)N1CCCC1. The quantitative estimate of drug-likeness (QED) is 0.714. The van der Waals surface area contributed by atoms with E-state index in [-0.39, 0.29) is 0 Å². The normalized spacial score (nSPS) is 24.1. The van der Waals surface area contributed by atoms with Crippen molar-refractivity contribution in [1.82, 2.24) is 10.2 Å². The van der Waals surface area contributed by atoms with E-state index in [1.165, 1.54) is 25.7 Å². The van der Waals surface area contributed by atoms with Crippen LogP contribution in [0.4, 0.5) is 0 Å². The summed E-state index contributed by atoms with van der Waals surface area (Å²) in [6, 6.07) is 0. The maximum atomic E-state index is 11.8. The van der Waals surface area contributed by atoms with Gasteiger partial charge in [0.15, 0.2) is 0 Å². The number of hydrogen-bond donors (Lipinski definition) is 1. The third-order valence-electron chi connectivity index (χ3n) is 3.38. The minimum atomic E-state index is 0.398. The van der Waals surface area contributed by atoms with E-state index in [0.29, 0.717) is 11.8 Å². The van der Waals surface area contributed by atoms with Crippen LogP contribution in [-0.2, 0) is 4.79 Å². The van der Waals surface area contributed by atoms with Gasteiger partial charge in [-0.1, -0.05) is 0 Å². The highest BCUT2D eigenvalue weighted by atomic mass is 16.2. The van der Waals surface area contributed by atoms with Gasteiger partial charge in [0.2, 0.25) is 5.91 Å². The molecule has 0 aromatic rings. The predicted molar refractivity (Wildman–Crippen MR) is 56.0 cm³/mol. The molecule has 2 aliphatic heterocycles. The van der Waals surface area contributed by atoms with Crippen molar-refractivity contribution in [1.29, 1.82) is 0 Å². The second-order valence-electron chi connectivity index (χ2n) is 4.49. The van der Waals surface area contributed by atoms with E-state index < -0.39 is 0 Å². The summed E-state index contributed by atoms with van der Waals surface area (Å²) in [5.41, 5.74) is 0. The molecular formula is C11H20N2O. The lowest BCUT2D eigenvalue weighted by atomic mass is 9.94. The number of nitrogens with zero attached hydrogens (tertiary/aromatic N) is 1. The van der Waals surface area contributed by atoms with E-state index in [4.69, 9.17) is 0 Å². The van der Waals surface area contributed by atoms with Crippen molar-refractivity contribution in [2.24, 2.45) is 5.92 Å². The van der Waals surface area contributed by atoms with Gasteiger partial charge in [0.25, 0.3) is 0 Å². The fourth-order valence-corrected chi connectivity index (χ4v) is 2.43. The molecule has 0 unspecified atom stereocenters. The molecule has 2 aliphatic rings. The van der Waals surface area contributed by atoms with Crippen molar-refractivity contribution in [3.8, 4) is 0 Å². The van der Waals surface area contributed by atoms with E-state index in [1.807, 2.05) is 4.90 Å². The molecule has 2 saturated heterocycles. The number of hydrogen-bond acceptors (Lipinski definition) is 2. The minimum Gasteiger partial charge on any atom is -0.343 e. The van der Waals surface area contributed by atoms with Gasteiger partial charge in [-0.15, -0.1) is 0 Å². The zero-order valence-corrected chi connectivity index (χ0v) is 8.80. The first kappa shape index (κ1) is 9.97. The molecule has 2 heterocycles. The van der Waals surface area contributed by atoms with Crippen LogP contribution in [0, 0.1) is 5.92 Å². The van der Waals surface area contributed by atoms with E-state index in [9.17, 15) is 4.79 Å². The van der Waals surface area contributed by atoms with Gasteiger partial charge in [0, 0.05) is 19.5 Å². The molecule has 80 valence electrons. The summed E-state index contributed by atoms with van der Waals surface area (Å²) < 4.78 is 0. The molecule has 0 aliphatic carbocycles. The molecule has 0 radical (unpaired) electrons. The molecular weight excluding hydrogens is 176 g/mol. The number of amides is 1. The third kappa shape index (κ3) is 2.47. The van der Waals surface area contributed by atoms with E-state index in [2.05, 4.69) is 5.32 Å². The van der Waals surface area contributed by atoms with Crippen LogP contribution in [0.15, 0.2) is 0 Å². The number of likely N-dealkylation sites (tertiary alicyclic amines) is 1. The van der Waals surface area contributed by atoms with Crippen LogP contribution in [-0.4, -0.2) is 37.0 Å². The lowest BCUT2D eigenvalue weighted by Gasteiger charge is -2.24. The molecule has 2 rings (SSSR count).